The van der Waals surface area contributed by atoms with Crippen molar-refractivity contribution in [3.8, 4) is 11.5 Å². The summed E-state index contributed by atoms with van der Waals surface area (Å²) in [4.78, 5) is 8.68. The molecule has 0 aromatic carbocycles. The van der Waals surface area contributed by atoms with Crippen molar-refractivity contribution in [2.75, 3.05) is 0 Å². The van der Waals surface area contributed by atoms with E-state index >= 15 is 0 Å². The van der Waals surface area contributed by atoms with E-state index < -0.39 is 0 Å². The normalized spacial score (nSPS) is 10.8. The predicted molar refractivity (Wildman–Crippen MR) is 71.0 cm³/mol. The Morgan fingerprint density at radius 2 is 2.18 bits per heavy atom. The average Bonchev–Trinajstić information content (AvgIpc) is 2.74. The average molecular weight is 316 g/mol. The first-order chi connectivity index (χ1) is 8.13. The molecule has 0 aliphatic rings. The fourth-order valence-corrected chi connectivity index (χ4v) is 1.95. The molecular formula is C11H12BrClN4. The van der Waals surface area contributed by atoms with Gasteiger partial charge in [0.1, 0.15) is 10.8 Å². The maximum atomic E-state index is 6.04. The van der Waals surface area contributed by atoms with Crippen LogP contribution in [0.4, 0.5) is 0 Å². The summed E-state index contributed by atoms with van der Waals surface area (Å²) >= 11 is 9.38. The molecule has 0 amide bonds. The molecule has 0 radical (unpaired) electrons. The zero-order chi connectivity index (χ0) is 12.4. The lowest BCUT2D eigenvalue weighted by Crippen LogP contribution is -2.04. The first-order valence-corrected chi connectivity index (χ1v) is 6.52. The number of rotatable bonds is 3. The zero-order valence-corrected chi connectivity index (χ0v) is 12.0. The Balaban J connectivity index is 2.49. The fourth-order valence-electron chi connectivity index (χ4n) is 1.55. The van der Waals surface area contributed by atoms with Gasteiger partial charge in [0, 0.05) is 12.7 Å². The Morgan fingerprint density at radius 3 is 2.82 bits per heavy atom. The number of hydrogen-bond donors (Lipinski definition) is 0. The number of halogens is 2. The van der Waals surface area contributed by atoms with E-state index in [9.17, 15) is 0 Å². The van der Waals surface area contributed by atoms with Crippen molar-refractivity contribution in [2.45, 2.75) is 26.8 Å². The monoisotopic (exact) mass is 314 g/mol. The molecule has 6 heteroatoms. The Kier molecular flexibility index (Phi) is 3.79. The van der Waals surface area contributed by atoms with Gasteiger partial charge in [-0.15, -0.1) is 0 Å². The Hall–Kier alpha value is -0.940. The molecule has 0 unspecified atom stereocenters. The lowest BCUT2D eigenvalue weighted by Gasteiger charge is -2.07. The quantitative estimate of drug-likeness (QED) is 0.815. The fraction of sp³-hybridized carbons (Fsp3) is 0.364. The van der Waals surface area contributed by atoms with E-state index in [0.717, 1.165) is 28.8 Å². The van der Waals surface area contributed by atoms with Crippen molar-refractivity contribution in [1.82, 2.24) is 19.7 Å². The van der Waals surface area contributed by atoms with Crippen LogP contribution in [0.2, 0.25) is 5.15 Å². The number of aromatic nitrogens is 4. The third-order valence-corrected chi connectivity index (χ3v) is 3.81. The molecule has 0 saturated heterocycles. The van der Waals surface area contributed by atoms with Crippen LogP contribution < -0.4 is 0 Å². The van der Waals surface area contributed by atoms with Crippen LogP contribution in [0.1, 0.15) is 19.0 Å². The van der Waals surface area contributed by atoms with Gasteiger partial charge in [0.15, 0.2) is 5.82 Å². The van der Waals surface area contributed by atoms with Crippen LogP contribution in [0, 0.1) is 6.92 Å². The van der Waals surface area contributed by atoms with E-state index in [0.29, 0.717) is 11.0 Å². The van der Waals surface area contributed by atoms with Gasteiger partial charge in [0.2, 0.25) is 0 Å². The van der Waals surface area contributed by atoms with Crippen molar-refractivity contribution in [1.29, 1.82) is 0 Å². The molecule has 0 aliphatic carbocycles. The van der Waals surface area contributed by atoms with Crippen molar-refractivity contribution < 1.29 is 0 Å². The van der Waals surface area contributed by atoms with Crippen molar-refractivity contribution in [2.24, 2.45) is 0 Å². The van der Waals surface area contributed by atoms with E-state index in [1.807, 2.05) is 17.7 Å². The third-order valence-electron chi connectivity index (χ3n) is 2.36. The van der Waals surface area contributed by atoms with E-state index in [4.69, 9.17) is 11.6 Å². The van der Waals surface area contributed by atoms with E-state index in [-0.39, 0.29) is 0 Å². The van der Waals surface area contributed by atoms with Crippen molar-refractivity contribution in [3.05, 3.63) is 27.6 Å². The highest BCUT2D eigenvalue weighted by molar-refractivity contribution is 9.10. The molecule has 17 heavy (non-hydrogen) atoms. The molecule has 2 aromatic heterocycles. The highest BCUT2D eigenvalue weighted by Gasteiger charge is 2.12. The Morgan fingerprint density at radius 1 is 1.41 bits per heavy atom. The molecule has 2 heterocycles. The number of aryl methyl sites for hydroxylation is 2. The summed E-state index contributed by atoms with van der Waals surface area (Å²) in [5.74, 6) is 0.613. The lowest BCUT2D eigenvalue weighted by molar-refractivity contribution is 0.606. The van der Waals surface area contributed by atoms with Crippen LogP contribution in [0.5, 0.6) is 0 Å². The Labute approximate surface area is 113 Å². The first-order valence-electron chi connectivity index (χ1n) is 5.35. The van der Waals surface area contributed by atoms with Gasteiger partial charge in [-0.3, -0.25) is 4.68 Å². The van der Waals surface area contributed by atoms with Gasteiger partial charge in [0.25, 0.3) is 0 Å². The van der Waals surface area contributed by atoms with Gasteiger partial charge in [-0.05, 0) is 35.3 Å². The van der Waals surface area contributed by atoms with Gasteiger partial charge in [-0.1, -0.05) is 18.5 Å². The van der Waals surface area contributed by atoms with E-state index in [1.54, 1.807) is 6.20 Å². The summed E-state index contributed by atoms with van der Waals surface area (Å²) in [5, 5.41) is 4.67. The topological polar surface area (TPSA) is 43.6 Å². The number of hydrogen-bond acceptors (Lipinski definition) is 3. The third kappa shape index (κ3) is 2.50. The molecule has 0 aliphatic heterocycles. The number of nitrogens with zero attached hydrogens (tertiary/aromatic N) is 4. The van der Waals surface area contributed by atoms with E-state index in [2.05, 4.69) is 37.9 Å². The maximum Gasteiger partial charge on any atom is 0.179 e. The molecule has 4 nitrogen and oxygen atoms in total. The lowest BCUT2D eigenvalue weighted by atomic mass is 10.3. The van der Waals surface area contributed by atoms with Gasteiger partial charge >= 0.3 is 0 Å². The van der Waals surface area contributed by atoms with Crippen LogP contribution in [-0.2, 0) is 6.54 Å². The molecule has 0 saturated carbocycles. The molecule has 0 atom stereocenters. The van der Waals surface area contributed by atoms with Crippen LogP contribution >= 0.6 is 27.5 Å². The second-order valence-electron chi connectivity index (χ2n) is 3.68. The summed E-state index contributed by atoms with van der Waals surface area (Å²) in [6.45, 7) is 4.84. The zero-order valence-electron chi connectivity index (χ0n) is 9.61. The summed E-state index contributed by atoms with van der Waals surface area (Å²) in [6, 6.07) is 1.90. The van der Waals surface area contributed by atoms with E-state index in [1.165, 1.54) is 0 Å². The minimum atomic E-state index is 0.428. The first kappa shape index (κ1) is 12.5. The SMILES string of the molecule is CCCn1nccc1-c1nc(C)c(Br)c(Cl)n1. The minimum Gasteiger partial charge on any atom is -0.262 e. The standard InChI is InChI=1S/C11H12BrClN4/c1-3-6-17-8(4-5-14-17)11-15-7(2)9(12)10(13)16-11/h4-5H,3,6H2,1-2H3. The van der Waals surface area contributed by atoms with Crippen molar-refractivity contribution in [3.63, 3.8) is 0 Å². The van der Waals surface area contributed by atoms with Crippen LogP contribution in [-0.4, -0.2) is 19.7 Å². The molecular weight excluding hydrogens is 304 g/mol. The molecule has 2 rings (SSSR count). The highest BCUT2D eigenvalue weighted by atomic mass is 79.9. The predicted octanol–water partition coefficient (Wildman–Crippen LogP) is 3.47. The van der Waals surface area contributed by atoms with Crippen molar-refractivity contribution >= 4 is 27.5 Å². The second-order valence-corrected chi connectivity index (χ2v) is 4.83. The van der Waals surface area contributed by atoms with Gasteiger partial charge in [-0.2, -0.15) is 5.10 Å². The second kappa shape index (κ2) is 5.14. The summed E-state index contributed by atoms with van der Waals surface area (Å²) < 4.78 is 2.63. The summed E-state index contributed by atoms with van der Waals surface area (Å²) in [7, 11) is 0. The molecule has 2 aromatic rings. The van der Waals surface area contributed by atoms with Gasteiger partial charge in [0.05, 0.1) is 10.2 Å². The van der Waals surface area contributed by atoms with Crippen LogP contribution in [0.25, 0.3) is 11.5 Å². The van der Waals surface area contributed by atoms with Crippen LogP contribution in [0.3, 0.4) is 0 Å². The smallest absolute Gasteiger partial charge is 0.179 e. The summed E-state index contributed by atoms with van der Waals surface area (Å²) in [5.41, 5.74) is 1.72. The molecule has 0 bridgehead atoms. The molecule has 0 fully saturated rings. The Bertz CT molecular complexity index is 515. The largest absolute Gasteiger partial charge is 0.262 e. The molecule has 0 N–H and O–H groups in total. The van der Waals surface area contributed by atoms with Crippen LogP contribution in [0.15, 0.2) is 16.7 Å². The maximum absolute atomic E-state index is 6.04. The highest BCUT2D eigenvalue weighted by Crippen LogP contribution is 2.26. The minimum absolute atomic E-state index is 0.428. The molecule has 90 valence electrons. The van der Waals surface area contributed by atoms with Gasteiger partial charge < -0.3 is 0 Å². The van der Waals surface area contributed by atoms with Gasteiger partial charge in [-0.25, -0.2) is 9.97 Å². The summed E-state index contributed by atoms with van der Waals surface area (Å²) in [6.07, 6.45) is 2.76. The molecule has 0 spiro atoms.